The second kappa shape index (κ2) is 15.5. The minimum atomic E-state index is -0.608. The van der Waals surface area contributed by atoms with Crippen LogP contribution in [0.2, 0.25) is 0 Å². The lowest BCUT2D eigenvalue weighted by molar-refractivity contribution is -0.116. The SMILES string of the molecule is COC(=O)c1cc(OCCCCCCC(=O)Nc2nc3ccc(-c4cnc(C)c(NC(=O)OC5CCCCC5)c4)cc3s2)no1. The molecule has 13 heteroatoms. The van der Waals surface area contributed by atoms with Gasteiger partial charge in [0.1, 0.15) is 6.10 Å². The Kier molecular flexibility index (Phi) is 11.0. The van der Waals surface area contributed by atoms with Crippen LogP contribution in [0.5, 0.6) is 5.88 Å². The maximum Gasteiger partial charge on any atom is 0.411 e. The molecule has 5 rings (SSSR count). The number of hydrogen-bond donors (Lipinski definition) is 2. The Balaban J connectivity index is 1.06. The first-order valence-electron chi connectivity index (χ1n) is 15.2. The third-order valence-electron chi connectivity index (χ3n) is 7.54. The minimum absolute atomic E-state index is 0.00754. The first-order chi connectivity index (χ1) is 21.9. The number of hydrogen-bond acceptors (Lipinski definition) is 11. The van der Waals surface area contributed by atoms with E-state index < -0.39 is 12.1 Å². The summed E-state index contributed by atoms with van der Waals surface area (Å²) in [5, 5.41) is 10.0. The molecule has 1 aliphatic rings. The van der Waals surface area contributed by atoms with E-state index in [1.165, 1.54) is 30.9 Å². The van der Waals surface area contributed by atoms with E-state index >= 15 is 0 Å². The molecule has 1 aromatic carbocycles. The lowest BCUT2D eigenvalue weighted by Crippen LogP contribution is -2.24. The van der Waals surface area contributed by atoms with Gasteiger partial charge < -0.3 is 24.1 Å². The Morgan fingerprint density at radius 2 is 1.82 bits per heavy atom. The molecule has 12 nitrogen and oxygen atoms in total. The lowest BCUT2D eigenvalue weighted by Gasteiger charge is -2.22. The third kappa shape index (κ3) is 9.00. The van der Waals surface area contributed by atoms with Gasteiger partial charge in [-0.2, -0.15) is 0 Å². The molecule has 2 N–H and O–H groups in total. The summed E-state index contributed by atoms with van der Waals surface area (Å²) >= 11 is 1.41. The maximum absolute atomic E-state index is 12.5. The first-order valence-corrected chi connectivity index (χ1v) is 16.0. The molecule has 1 aliphatic carbocycles. The second-order valence-electron chi connectivity index (χ2n) is 10.9. The molecule has 0 aliphatic heterocycles. The van der Waals surface area contributed by atoms with Crippen LogP contribution in [0.15, 0.2) is 41.1 Å². The summed E-state index contributed by atoms with van der Waals surface area (Å²) in [4.78, 5) is 45.5. The number of rotatable bonds is 13. The van der Waals surface area contributed by atoms with Crippen molar-refractivity contribution >= 4 is 50.3 Å². The molecule has 3 aromatic heterocycles. The van der Waals surface area contributed by atoms with E-state index in [2.05, 4.69) is 30.5 Å². The zero-order valence-corrected chi connectivity index (χ0v) is 26.2. The number of pyridine rings is 1. The van der Waals surface area contributed by atoms with Gasteiger partial charge in [-0.15, -0.1) is 0 Å². The Morgan fingerprint density at radius 1 is 1.00 bits per heavy atom. The van der Waals surface area contributed by atoms with Gasteiger partial charge in [-0.25, -0.2) is 14.6 Å². The second-order valence-corrected chi connectivity index (χ2v) is 12.0. The lowest BCUT2D eigenvalue weighted by atomic mass is 9.98. The van der Waals surface area contributed by atoms with Crippen LogP contribution >= 0.6 is 11.3 Å². The minimum Gasteiger partial charge on any atom is -0.475 e. The van der Waals surface area contributed by atoms with Gasteiger partial charge in [-0.3, -0.25) is 15.1 Å². The maximum atomic E-state index is 12.5. The standard InChI is InChI=1S/C32H37N5O7S/c1-20-25(35-32(40)43-23-10-6-5-7-11-23)16-22(19-33-20)21-13-14-24-27(17-21)45-31(34-24)36-28(38)12-8-3-4-9-15-42-29-18-26(44-37-29)30(39)41-2/h13-14,16-19,23H,3-12,15H2,1-2H3,(H,35,40)(H,34,36,38). The van der Waals surface area contributed by atoms with Crippen LogP contribution in [-0.2, 0) is 14.3 Å². The van der Waals surface area contributed by atoms with Crippen LogP contribution in [0, 0.1) is 6.92 Å². The highest BCUT2D eigenvalue weighted by Gasteiger charge is 2.19. The molecule has 3 heterocycles. The molecule has 45 heavy (non-hydrogen) atoms. The van der Waals surface area contributed by atoms with Gasteiger partial charge in [0.25, 0.3) is 5.88 Å². The summed E-state index contributed by atoms with van der Waals surface area (Å²) in [7, 11) is 1.26. The van der Waals surface area contributed by atoms with E-state index in [9.17, 15) is 14.4 Å². The van der Waals surface area contributed by atoms with Crippen molar-refractivity contribution in [2.75, 3.05) is 24.4 Å². The highest BCUT2D eigenvalue weighted by molar-refractivity contribution is 7.22. The van der Waals surface area contributed by atoms with Gasteiger partial charge in [0.15, 0.2) is 5.13 Å². The van der Waals surface area contributed by atoms with E-state index in [1.54, 1.807) is 6.20 Å². The largest absolute Gasteiger partial charge is 0.475 e. The molecule has 4 aromatic rings. The predicted molar refractivity (Wildman–Crippen MR) is 170 cm³/mol. The molecule has 238 valence electrons. The average Bonchev–Trinajstić information content (AvgIpc) is 3.68. The Bertz CT molecular complexity index is 1630. The number of carbonyl (C=O) groups excluding carboxylic acids is 3. The Labute approximate surface area is 264 Å². The summed E-state index contributed by atoms with van der Waals surface area (Å²) in [5.41, 5.74) is 3.89. The molecular formula is C32H37N5O7S. The zero-order valence-electron chi connectivity index (χ0n) is 25.4. The number of benzene rings is 1. The molecule has 1 saturated carbocycles. The van der Waals surface area contributed by atoms with Gasteiger partial charge in [-0.1, -0.05) is 36.7 Å². The number of aryl methyl sites for hydroxylation is 1. The van der Waals surface area contributed by atoms with Gasteiger partial charge in [0.05, 0.1) is 41.4 Å². The van der Waals surface area contributed by atoms with E-state index in [0.717, 1.165) is 72.7 Å². The molecule has 0 atom stereocenters. The van der Waals surface area contributed by atoms with Crippen LogP contribution in [0.3, 0.4) is 0 Å². The van der Waals surface area contributed by atoms with Crippen LogP contribution in [0.25, 0.3) is 21.3 Å². The number of ether oxygens (including phenoxy) is 3. The highest BCUT2D eigenvalue weighted by atomic mass is 32.1. The number of nitrogens with one attached hydrogen (secondary N) is 2. The van der Waals surface area contributed by atoms with Crippen molar-refractivity contribution in [2.24, 2.45) is 0 Å². The van der Waals surface area contributed by atoms with Crippen LogP contribution in [0.1, 0.15) is 80.5 Å². The molecule has 0 saturated heterocycles. The number of aromatic nitrogens is 3. The summed E-state index contributed by atoms with van der Waals surface area (Å²) in [6, 6.07) is 9.17. The molecule has 0 spiro atoms. The number of anilines is 2. The van der Waals surface area contributed by atoms with Crippen molar-refractivity contribution in [3.63, 3.8) is 0 Å². The number of carbonyl (C=O) groups is 3. The Hall–Kier alpha value is -4.52. The normalized spacial score (nSPS) is 13.4. The van der Waals surface area contributed by atoms with E-state index in [0.29, 0.717) is 29.5 Å². The fraction of sp³-hybridized carbons (Fsp3) is 0.438. The van der Waals surface area contributed by atoms with Crippen molar-refractivity contribution in [3.8, 4) is 17.0 Å². The molecule has 0 radical (unpaired) electrons. The van der Waals surface area contributed by atoms with Crippen molar-refractivity contribution in [3.05, 3.63) is 48.0 Å². The summed E-state index contributed by atoms with van der Waals surface area (Å²) < 4.78 is 21.5. The smallest absolute Gasteiger partial charge is 0.411 e. The molecule has 2 amide bonds. The van der Waals surface area contributed by atoms with E-state index in [1.807, 2.05) is 31.2 Å². The number of nitrogens with zero attached hydrogens (tertiary/aromatic N) is 3. The van der Waals surface area contributed by atoms with Crippen LogP contribution in [0.4, 0.5) is 15.6 Å². The fourth-order valence-electron chi connectivity index (χ4n) is 5.07. The van der Waals surface area contributed by atoms with Gasteiger partial charge >= 0.3 is 12.1 Å². The number of amides is 2. The van der Waals surface area contributed by atoms with Crippen molar-refractivity contribution in [2.45, 2.75) is 77.2 Å². The van der Waals surface area contributed by atoms with Gasteiger partial charge in [-0.05, 0) is 74.4 Å². The van der Waals surface area contributed by atoms with Crippen LogP contribution in [-0.4, -0.2) is 52.9 Å². The number of methoxy groups -OCH3 is 1. The van der Waals surface area contributed by atoms with Crippen molar-refractivity contribution < 1.29 is 33.1 Å². The summed E-state index contributed by atoms with van der Waals surface area (Å²) in [6.07, 6.45) is 10.2. The monoisotopic (exact) mass is 635 g/mol. The highest BCUT2D eigenvalue weighted by Crippen LogP contribution is 2.32. The molecular weight excluding hydrogens is 598 g/mol. The summed E-state index contributed by atoms with van der Waals surface area (Å²) in [5.74, 6) is -0.459. The molecule has 0 unspecified atom stereocenters. The van der Waals surface area contributed by atoms with Crippen LogP contribution < -0.4 is 15.4 Å². The van der Waals surface area contributed by atoms with Gasteiger partial charge in [0.2, 0.25) is 11.7 Å². The van der Waals surface area contributed by atoms with E-state index in [4.69, 9.17) is 14.0 Å². The zero-order chi connectivity index (χ0) is 31.6. The number of thiazole rings is 1. The fourth-order valence-corrected chi connectivity index (χ4v) is 5.99. The quantitative estimate of drug-likeness (QED) is 0.113. The number of unbranched alkanes of at least 4 members (excludes halogenated alkanes) is 3. The van der Waals surface area contributed by atoms with E-state index in [-0.39, 0.29) is 23.7 Å². The average molecular weight is 636 g/mol. The predicted octanol–water partition coefficient (Wildman–Crippen LogP) is 7.29. The van der Waals surface area contributed by atoms with Crippen molar-refractivity contribution in [1.82, 2.24) is 15.1 Å². The number of esters is 1. The molecule has 0 bridgehead atoms. The Morgan fingerprint density at radius 3 is 2.64 bits per heavy atom. The van der Waals surface area contributed by atoms with Gasteiger partial charge in [0, 0.05) is 18.2 Å². The van der Waals surface area contributed by atoms with Crippen molar-refractivity contribution in [1.29, 1.82) is 0 Å². The third-order valence-corrected chi connectivity index (χ3v) is 8.47. The summed E-state index contributed by atoms with van der Waals surface area (Å²) in [6.45, 7) is 2.27. The number of fused-ring (bicyclic) bond motifs is 1. The topological polar surface area (TPSA) is 155 Å². The molecule has 1 fully saturated rings. The first kappa shape index (κ1) is 31.9.